The third-order valence-corrected chi connectivity index (χ3v) is 7.71. The SMILES string of the molecule is CC1(C)CCC[C@]2(C)[C@@H]1CC[C@]1(C)O[C@](C)(CC(=O)O)CC[C@@H]21. The van der Waals surface area contributed by atoms with Crippen LogP contribution >= 0.6 is 0 Å². The van der Waals surface area contributed by atoms with E-state index in [1.54, 1.807) is 0 Å². The van der Waals surface area contributed by atoms with Gasteiger partial charge < -0.3 is 9.84 Å². The van der Waals surface area contributed by atoms with Crippen molar-refractivity contribution in [1.82, 2.24) is 0 Å². The molecule has 3 nitrogen and oxygen atoms in total. The zero-order chi connectivity index (χ0) is 17.1. The first-order valence-corrected chi connectivity index (χ1v) is 9.43. The predicted molar refractivity (Wildman–Crippen MR) is 91.3 cm³/mol. The lowest BCUT2D eigenvalue weighted by atomic mass is 9.44. The van der Waals surface area contributed by atoms with E-state index < -0.39 is 11.6 Å². The van der Waals surface area contributed by atoms with Crippen molar-refractivity contribution in [3.8, 4) is 0 Å². The summed E-state index contributed by atoms with van der Waals surface area (Å²) in [5, 5.41) is 9.24. The number of fused-ring (bicyclic) bond motifs is 3. The molecular weight excluding hydrogens is 288 g/mol. The number of rotatable bonds is 2. The van der Waals surface area contributed by atoms with Gasteiger partial charge in [0.25, 0.3) is 0 Å². The number of aliphatic carboxylic acids is 1. The van der Waals surface area contributed by atoms with E-state index in [1.165, 1.54) is 25.7 Å². The zero-order valence-electron chi connectivity index (χ0n) is 15.6. The van der Waals surface area contributed by atoms with Crippen LogP contribution < -0.4 is 0 Å². The van der Waals surface area contributed by atoms with E-state index in [0.717, 1.165) is 25.2 Å². The summed E-state index contributed by atoms with van der Waals surface area (Å²) in [6, 6.07) is 0. The second-order valence-corrected chi connectivity index (χ2v) is 9.97. The van der Waals surface area contributed by atoms with Crippen LogP contribution in [0.15, 0.2) is 0 Å². The van der Waals surface area contributed by atoms with Gasteiger partial charge in [0.15, 0.2) is 0 Å². The van der Waals surface area contributed by atoms with Crippen LogP contribution in [0.3, 0.4) is 0 Å². The Morgan fingerprint density at radius 1 is 1.00 bits per heavy atom. The molecular formula is C20H34O3. The Morgan fingerprint density at radius 2 is 1.65 bits per heavy atom. The molecule has 1 heterocycles. The summed E-state index contributed by atoms with van der Waals surface area (Å²) in [6.45, 7) is 11.7. The highest BCUT2D eigenvalue weighted by Crippen LogP contribution is 2.65. The Balaban J connectivity index is 1.88. The normalized spacial score (nSPS) is 49.1. The maximum absolute atomic E-state index is 11.2. The molecule has 1 N–H and O–H groups in total. The maximum atomic E-state index is 11.2. The summed E-state index contributed by atoms with van der Waals surface area (Å²) in [5.74, 6) is 0.595. The topological polar surface area (TPSA) is 46.5 Å². The molecule has 0 bridgehead atoms. The van der Waals surface area contributed by atoms with Crippen LogP contribution in [0.25, 0.3) is 0 Å². The molecule has 2 aliphatic carbocycles. The van der Waals surface area contributed by atoms with Gasteiger partial charge >= 0.3 is 5.97 Å². The van der Waals surface area contributed by atoms with E-state index in [1.807, 2.05) is 6.92 Å². The minimum absolute atomic E-state index is 0.126. The fourth-order valence-corrected chi connectivity index (χ4v) is 6.87. The van der Waals surface area contributed by atoms with Gasteiger partial charge in [-0.05, 0) is 75.0 Å². The fraction of sp³-hybridized carbons (Fsp3) is 0.950. The Bertz CT molecular complexity index is 499. The van der Waals surface area contributed by atoms with Crippen LogP contribution in [0.1, 0.15) is 86.0 Å². The van der Waals surface area contributed by atoms with E-state index in [0.29, 0.717) is 16.7 Å². The van der Waals surface area contributed by atoms with Crippen molar-refractivity contribution in [2.75, 3.05) is 0 Å². The Hall–Kier alpha value is -0.570. The van der Waals surface area contributed by atoms with Gasteiger partial charge in [-0.25, -0.2) is 0 Å². The maximum Gasteiger partial charge on any atom is 0.306 e. The van der Waals surface area contributed by atoms with Gasteiger partial charge in [0.1, 0.15) is 0 Å². The number of carbonyl (C=O) groups is 1. The Morgan fingerprint density at radius 3 is 2.30 bits per heavy atom. The number of carboxylic acids is 1. The average molecular weight is 322 g/mol. The van der Waals surface area contributed by atoms with Crippen molar-refractivity contribution in [2.45, 2.75) is 97.2 Å². The summed E-state index contributed by atoms with van der Waals surface area (Å²) in [7, 11) is 0. The lowest BCUT2D eigenvalue weighted by molar-refractivity contribution is -0.266. The van der Waals surface area contributed by atoms with Crippen LogP contribution in [0.5, 0.6) is 0 Å². The molecule has 0 aromatic rings. The smallest absolute Gasteiger partial charge is 0.306 e. The van der Waals surface area contributed by atoms with Crippen molar-refractivity contribution >= 4 is 5.97 Å². The van der Waals surface area contributed by atoms with E-state index in [2.05, 4.69) is 27.7 Å². The van der Waals surface area contributed by atoms with Crippen molar-refractivity contribution < 1.29 is 14.6 Å². The molecule has 3 heteroatoms. The predicted octanol–water partition coefficient (Wildman–Crippen LogP) is 5.03. The summed E-state index contributed by atoms with van der Waals surface area (Å²) in [4.78, 5) is 11.2. The van der Waals surface area contributed by atoms with E-state index >= 15 is 0 Å². The van der Waals surface area contributed by atoms with Gasteiger partial charge in [-0.2, -0.15) is 0 Å². The third kappa shape index (κ3) is 2.73. The molecule has 1 aliphatic heterocycles. The monoisotopic (exact) mass is 322 g/mol. The van der Waals surface area contributed by atoms with Gasteiger partial charge in [-0.1, -0.05) is 27.2 Å². The van der Waals surface area contributed by atoms with Crippen LogP contribution in [-0.2, 0) is 9.53 Å². The Labute approximate surface area is 141 Å². The van der Waals surface area contributed by atoms with Gasteiger partial charge in [-0.15, -0.1) is 0 Å². The summed E-state index contributed by atoms with van der Waals surface area (Å²) < 4.78 is 6.58. The molecule has 0 amide bonds. The molecule has 3 rings (SSSR count). The van der Waals surface area contributed by atoms with Crippen molar-refractivity contribution in [3.63, 3.8) is 0 Å². The first kappa shape index (κ1) is 17.3. The van der Waals surface area contributed by atoms with Crippen molar-refractivity contribution in [2.24, 2.45) is 22.7 Å². The first-order chi connectivity index (χ1) is 10.5. The lowest BCUT2D eigenvalue weighted by Crippen LogP contribution is -2.63. The van der Waals surface area contributed by atoms with Crippen LogP contribution in [0.4, 0.5) is 0 Å². The molecule has 3 aliphatic rings. The highest BCUT2D eigenvalue weighted by molar-refractivity contribution is 5.68. The zero-order valence-corrected chi connectivity index (χ0v) is 15.6. The van der Waals surface area contributed by atoms with E-state index in [4.69, 9.17) is 4.74 Å². The number of carboxylic acid groups (broad SMARTS) is 1. The molecule has 3 fully saturated rings. The molecule has 0 aromatic heterocycles. The minimum Gasteiger partial charge on any atom is -0.481 e. The molecule has 0 radical (unpaired) electrons. The molecule has 0 spiro atoms. The second kappa shape index (κ2) is 5.21. The highest BCUT2D eigenvalue weighted by Gasteiger charge is 2.61. The van der Waals surface area contributed by atoms with Crippen molar-refractivity contribution in [3.05, 3.63) is 0 Å². The van der Waals surface area contributed by atoms with Crippen molar-refractivity contribution in [1.29, 1.82) is 0 Å². The highest BCUT2D eigenvalue weighted by atomic mass is 16.5. The Kier molecular flexibility index (Phi) is 3.91. The van der Waals surface area contributed by atoms with Gasteiger partial charge in [0.05, 0.1) is 17.6 Å². The molecule has 1 saturated heterocycles. The molecule has 5 atom stereocenters. The van der Waals surface area contributed by atoms with E-state index in [9.17, 15) is 9.90 Å². The third-order valence-electron chi connectivity index (χ3n) is 7.71. The van der Waals surface area contributed by atoms with Gasteiger partial charge in [-0.3, -0.25) is 4.79 Å². The lowest BCUT2D eigenvalue weighted by Gasteiger charge is -2.65. The summed E-state index contributed by atoms with van der Waals surface area (Å²) in [5.41, 5.74) is 0.126. The number of hydrogen-bond acceptors (Lipinski definition) is 2. The number of ether oxygens (including phenoxy) is 1. The summed E-state index contributed by atoms with van der Waals surface area (Å²) in [6.07, 6.45) is 8.39. The molecule has 23 heavy (non-hydrogen) atoms. The van der Waals surface area contributed by atoms with Crippen LogP contribution in [0.2, 0.25) is 0 Å². The largest absolute Gasteiger partial charge is 0.481 e. The molecule has 0 unspecified atom stereocenters. The van der Waals surface area contributed by atoms with Gasteiger partial charge in [0.2, 0.25) is 0 Å². The van der Waals surface area contributed by atoms with Crippen LogP contribution in [-0.4, -0.2) is 22.3 Å². The fourth-order valence-electron chi connectivity index (χ4n) is 6.87. The molecule has 0 aromatic carbocycles. The minimum atomic E-state index is -0.742. The second-order valence-electron chi connectivity index (χ2n) is 9.97. The number of hydrogen-bond donors (Lipinski definition) is 1. The first-order valence-electron chi connectivity index (χ1n) is 9.43. The van der Waals surface area contributed by atoms with Crippen LogP contribution in [0, 0.1) is 22.7 Å². The molecule has 2 saturated carbocycles. The standard InChI is InChI=1S/C20H34O3/c1-17(2)9-6-10-19(4)14(17)8-12-20(5)15(19)7-11-18(3,23-20)13-16(21)22/h14-15H,6-13H2,1-5H3,(H,21,22)/t14-,15+,18+,19-,20+/m1/s1. The molecule has 132 valence electrons. The quantitative estimate of drug-likeness (QED) is 0.775. The van der Waals surface area contributed by atoms with Gasteiger partial charge in [0, 0.05) is 0 Å². The average Bonchev–Trinajstić information content (AvgIpc) is 2.34. The summed E-state index contributed by atoms with van der Waals surface area (Å²) >= 11 is 0. The van der Waals surface area contributed by atoms with E-state index in [-0.39, 0.29) is 12.0 Å².